The van der Waals surface area contributed by atoms with Gasteiger partial charge >= 0.3 is 0 Å². The lowest BCUT2D eigenvalue weighted by molar-refractivity contribution is -0.116. The lowest BCUT2D eigenvalue weighted by Gasteiger charge is -2.09. The fourth-order valence-electron chi connectivity index (χ4n) is 3.59. The molecule has 0 saturated heterocycles. The summed E-state index contributed by atoms with van der Waals surface area (Å²) in [4.78, 5) is 43.7. The Hall–Kier alpha value is -3.98. The number of fused-ring (bicyclic) bond motifs is 1. The van der Waals surface area contributed by atoms with Crippen LogP contribution >= 0.6 is 11.3 Å². The number of methoxy groups -OCH3 is 1. The number of aryl methyl sites for hydroxylation is 2. The molecule has 174 valence electrons. The molecule has 0 fully saturated rings. The van der Waals surface area contributed by atoms with Crippen LogP contribution in [0.2, 0.25) is 0 Å². The van der Waals surface area contributed by atoms with Crippen LogP contribution in [0.3, 0.4) is 0 Å². The number of carbonyl (C=O) groups excluding carboxylic acids is 2. The van der Waals surface area contributed by atoms with Crippen LogP contribution in [-0.2, 0) is 17.8 Å². The summed E-state index contributed by atoms with van der Waals surface area (Å²) in [6.45, 7) is 3.58. The average Bonchev–Trinajstić information content (AvgIpc) is 3.18. The zero-order chi connectivity index (χ0) is 24.2. The number of thiophene rings is 1. The van der Waals surface area contributed by atoms with Crippen LogP contribution in [0.15, 0.2) is 59.7 Å². The van der Waals surface area contributed by atoms with E-state index in [1.54, 1.807) is 25.1 Å². The third kappa shape index (κ3) is 4.69. The molecule has 2 aromatic heterocycles. The predicted octanol–water partition coefficient (Wildman–Crippen LogP) is 4.23. The second kappa shape index (κ2) is 9.88. The Kier molecular flexibility index (Phi) is 6.74. The van der Waals surface area contributed by atoms with Gasteiger partial charge in [-0.1, -0.05) is 31.2 Å². The van der Waals surface area contributed by atoms with Gasteiger partial charge in [0.25, 0.3) is 11.5 Å². The molecule has 8 nitrogen and oxygen atoms in total. The molecule has 9 heteroatoms. The van der Waals surface area contributed by atoms with Crippen molar-refractivity contribution in [1.82, 2.24) is 9.55 Å². The highest BCUT2D eigenvalue weighted by atomic mass is 32.1. The summed E-state index contributed by atoms with van der Waals surface area (Å²) in [5.74, 6) is -0.163. The number of amides is 2. The van der Waals surface area contributed by atoms with E-state index in [4.69, 9.17) is 4.74 Å². The Balaban J connectivity index is 1.56. The first-order chi connectivity index (χ1) is 16.4. The van der Waals surface area contributed by atoms with Crippen LogP contribution in [0, 0.1) is 6.92 Å². The topological polar surface area (TPSA) is 102 Å². The molecule has 0 bridgehead atoms. The average molecular weight is 477 g/mol. The summed E-state index contributed by atoms with van der Waals surface area (Å²) < 4.78 is 6.53. The quantitative estimate of drug-likeness (QED) is 0.416. The number of carbonyl (C=O) groups is 2. The molecule has 0 spiro atoms. The second-order valence-electron chi connectivity index (χ2n) is 7.67. The highest BCUT2D eigenvalue weighted by Crippen LogP contribution is 2.29. The maximum absolute atomic E-state index is 13.1. The lowest BCUT2D eigenvalue weighted by atomic mass is 10.1. The van der Waals surface area contributed by atoms with E-state index in [0.717, 1.165) is 17.8 Å². The van der Waals surface area contributed by atoms with E-state index in [1.165, 1.54) is 23.6 Å². The number of rotatable bonds is 7. The molecule has 0 aliphatic heterocycles. The maximum Gasteiger partial charge on any atom is 0.266 e. The van der Waals surface area contributed by atoms with Gasteiger partial charge in [-0.25, -0.2) is 4.98 Å². The third-order valence-corrected chi connectivity index (χ3v) is 6.64. The third-order valence-electron chi connectivity index (χ3n) is 5.44. The summed E-state index contributed by atoms with van der Waals surface area (Å²) in [6.07, 6.45) is 2.25. The molecule has 0 saturated carbocycles. The van der Waals surface area contributed by atoms with Gasteiger partial charge in [-0.2, -0.15) is 0 Å². The molecule has 0 aliphatic rings. The van der Waals surface area contributed by atoms with Gasteiger partial charge in [0, 0.05) is 5.69 Å². The van der Waals surface area contributed by atoms with Gasteiger partial charge in [0.2, 0.25) is 5.91 Å². The first-order valence-corrected chi connectivity index (χ1v) is 11.5. The van der Waals surface area contributed by atoms with Crippen LogP contribution < -0.4 is 20.9 Å². The standard InChI is InChI=1S/C25H24N4O4S/c1-4-16-9-11-17(12-10-16)27-20(30)13-29-14-26-24-21(25(29)32)15(2)22(34-24)23(31)28-18-7-5-6-8-19(18)33-3/h5-12,14H,4,13H2,1-3H3,(H,27,30)(H,28,31). The van der Waals surface area contributed by atoms with Crippen molar-refractivity contribution in [3.8, 4) is 5.75 Å². The zero-order valence-electron chi connectivity index (χ0n) is 19.0. The van der Waals surface area contributed by atoms with Gasteiger partial charge in [0.15, 0.2) is 0 Å². The monoisotopic (exact) mass is 476 g/mol. The van der Waals surface area contributed by atoms with Gasteiger partial charge < -0.3 is 15.4 Å². The normalized spacial score (nSPS) is 10.8. The number of nitrogens with zero attached hydrogens (tertiary/aromatic N) is 2. The highest BCUT2D eigenvalue weighted by Gasteiger charge is 2.21. The van der Waals surface area contributed by atoms with Crippen molar-refractivity contribution in [3.63, 3.8) is 0 Å². The van der Waals surface area contributed by atoms with E-state index < -0.39 is 0 Å². The summed E-state index contributed by atoms with van der Waals surface area (Å²) in [5.41, 5.74) is 2.51. The number of hydrogen-bond acceptors (Lipinski definition) is 6. The molecule has 4 rings (SSSR count). The van der Waals surface area contributed by atoms with Crippen molar-refractivity contribution < 1.29 is 14.3 Å². The molecule has 0 atom stereocenters. The molecule has 4 aromatic rings. The van der Waals surface area contributed by atoms with Crippen molar-refractivity contribution >= 4 is 44.7 Å². The Bertz CT molecular complexity index is 1420. The Morgan fingerprint density at radius 1 is 1.09 bits per heavy atom. The Morgan fingerprint density at radius 2 is 1.82 bits per heavy atom. The van der Waals surface area contributed by atoms with Gasteiger partial charge in [0.1, 0.15) is 17.1 Å². The largest absolute Gasteiger partial charge is 0.495 e. The molecule has 2 aromatic carbocycles. The Labute approximate surface area is 200 Å². The van der Waals surface area contributed by atoms with E-state index in [1.807, 2.05) is 30.3 Å². The van der Waals surface area contributed by atoms with E-state index >= 15 is 0 Å². The second-order valence-corrected chi connectivity index (χ2v) is 8.67. The molecular weight excluding hydrogens is 452 g/mol. The van der Waals surface area contributed by atoms with Crippen LogP contribution in [0.25, 0.3) is 10.2 Å². The number of aromatic nitrogens is 2. The van der Waals surface area contributed by atoms with Gasteiger partial charge in [-0.15, -0.1) is 11.3 Å². The van der Waals surface area contributed by atoms with E-state index in [0.29, 0.717) is 37.8 Å². The highest BCUT2D eigenvalue weighted by molar-refractivity contribution is 7.20. The molecule has 34 heavy (non-hydrogen) atoms. The molecule has 0 aliphatic carbocycles. The number of anilines is 2. The summed E-state index contributed by atoms with van der Waals surface area (Å²) in [5, 5.41) is 5.95. The van der Waals surface area contributed by atoms with Crippen LogP contribution in [0.5, 0.6) is 5.75 Å². The van der Waals surface area contributed by atoms with Crippen molar-refractivity contribution in [2.75, 3.05) is 17.7 Å². The van der Waals surface area contributed by atoms with Crippen LogP contribution in [0.4, 0.5) is 11.4 Å². The number of benzene rings is 2. The van der Waals surface area contributed by atoms with Crippen molar-refractivity contribution in [2.45, 2.75) is 26.8 Å². The van der Waals surface area contributed by atoms with Gasteiger partial charge in [-0.05, 0) is 48.7 Å². The summed E-state index contributed by atoms with van der Waals surface area (Å²) in [6, 6.07) is 14.6. The zero-order valence-corrected chi connectivity index (χ0v) is 19.9. The minimum absolute atomic E-state index is 0.185. The molecule has 0 radical (unpaired) electrons. The minimum atomic E-state index is -0.369. The molecular formula is C25H24N4O4S. The van der Waals surface area contributed by atoms with Gasteiger partial charge in [-0.3, -0.25) is 19.0 Å². The lowest BCUT2D eigenvalue weighted by Crippen LogP contribution is -2.28. The first-order valence-electron chi connectivity index (χ1n) is 10.7. The molecule has 0 unspecified atom stereocenters. The van der Waals surface area contributed by atoms with Crippen molar-refractivity contribution in [2.24, 2.45) is 0 Å². The van der Waals surface area contributed by atoms with Crippen molar-refractivity contribution in [1.29, 1.82) is 0 Å². The summed E-state index contributed by atoms with van der Waals surface area (Å²) >= 11 is 1.13. The number of ether oxygens (including phenoxy) is 1. The molecule has 2 heterocycles. The Morgan fingerprint density at radius 3 is 2.53 bits per heavy atom. The predicted molar refractivity (Wildman–Crippen MR) is 134 cm³/mol. The number of hydrogen-bond donors (Lipinski definition) is 2. The van der Waals surface area contributed by atoms with Gasteiger partial charge in [0.05, 0.1) is 29.4 Å². The fourth-order valence-corrected chi connectivity index (χ4v) is 4.63. The fraction of sp³-hybridized carbons (Fsp3) is 0.200. The van der Waals surface area contributed by atoms with Crippen LogP contribution in [-0.4, -0.2) is 28.5 Å². The summed E-state index contributed by atoms with van der Waals surface area (Å²) in [7, 11) is 1.53. The molecule has 2 amide bonds. The number of nitrogens with one attached hydrogen (secondary N) is 2. The van der Waals surface area contributed by atoms with E-state index in [2.05, 4.69) is 22.5 Å². The van der Waals surface area contributed by atoms with Crippen LogP contribution in [0.1, 0.15) is 27.7 Å². The maximum atomic E-state index is 13.1. The number of para-hydroxylation sites is 2. The minimum Gasteiger partial charge on any atom is -0.495 e. The van der Waals surface area contributed by atoms with Crippen molar-refractivity contribution in [3.05, 3.63) is 81.2 Å². The SMILES string of the molecule is CCc1ccc(NC(=O)Cn2cnc3sc(C(=O)Nc4ccccc4OC)c(C)c3c2=O)cc1. The van der Waals surface area contributed by atoms with E-state index in [-0.39, 0.29) is 23.9 Å². The first kappa shape index (κ1) is 23.2. The molecule has 2 N–H and O–H groups in total. The smallest absolute Gasteiger partial charge is 0.266 e. The van der Waals surface area contributed by atoms with E-state index in [9.17, 15) is 14.4 Å².